The molecule has 5 rings (SSSR count). The van der Waals surface area contributed by atoms with Crippen LogP contribution in [-0.4, -0.2) is 86.5 Å². The number of piperidine rings is 1. The summed E-state index contributed by atoms with van der Waals surface area (Å²) in [5.74, 6) is -0.0888. The van der Waals surface area contributed by atoms with Crippen LogP contribution in [0.1, 0.15) is 61.6 Å². The molecule has 1 spiro atoms. The van der Waals surface area contributed by atoms with Gasteiger partial charge in [0.15, 0.2) is 11.8 Å². The number of rotatable bonds is 3. The van der Waals surface area contributed by atoms with Crippen molar-refractivity contribution in [2.45, 2.75) is 82.4 Å². The van der Waals surface area contributed by atoms with E-state index in [1.165, 1.54) is 17.7 Å². The first-order chi connectivity index (χ1) is 15.7. The molecule has 1 saturated carbocycles. The Morgan fingerprint density at radius 1 is 1.12 bits per heavy atom. The number of carbonyl (C=O) groups is 2. The number of nitrogens with zero attached hydrogens (tertiary/aromatic N) is 5. The van der Waals surface area contributed by atoms with Crippen molar-refractivity contribution in [2.75, 3.05) is 26.2 Å². The molecule has 2 amide bonds. The molecule has 1 unspecified atom stereocenters. The van der Waals surface area contributed by atoms with Crippen LogP contribution >= 0.6 is 0 Å². The van der Waals surface area contributed by atoms with Crippen LogP contribution in [-0.2, 0) is 17.8 Å². The molecule has 2 saturated heterocycles. The fraction of sp³-hybridized carbons (Fsp3) is 0.773. The second-order valence-corrected chi connectivity index (χ2v) is 9.79. The van der Waals surface area contributed by atoms with E-state index >= 15 is 0 Å². The maximum Gasteiger partial charge on any atom is 0.425 e. The highest BCUT2D eigenvalue weighted by Gasteiger charge is 2.48. The van der Waals surface area contributed by atoms with Gasteiger partial charge in [-0.3, -0.25) is 14.4 Å². The predicted molar refractivity (Wildman–Crippen MR) is 111 cm³/mol. The lowest BCUT2D eigenvalue weighted by atomic mass is 9.85. The number of alkyl halides is 3. The molecule has 3 fully saturated rings. The topological polar surface area (TPSA) is 70.9 Å². The number of aromatic nitrogens is 2. The molecule has 1 aliphatic carbocycles. The van der Waals surface area contributed by atoms with Crippen LogP contribution in [0.25, 0.3) is 0 Å². The van der Waals surface area contributed by atoms with Gasteiger partial charge in [-0.25, -0.2) is 4.79 Å². The summed E-state index contributed by atoms with van der Waals surface area (Å²) in [7, 11) is 0. The molecular formula is C22H30F3N5O3. The van der Waals surface area contributed by atoms with Crippen molar-refractivity contribution in [2.24, 2.45) is 0 Å². The fourth-order valence-corrected chi connectivity index (χ4v) is 5.45. The minimum Gasteiger partial charge on any atom is -0.437 e. The second-order valence-electron chi connectivity index (χ2n) is 9.79. The molecule has 4 aliphatic rings. The third-order valence-electron chi connectivity index (χ3n) is 7.64. The predicted octanol–water partition coefficient (Wildman–Crippen LogP) is 3.02. The molecule has 33 heavy (non-hydrogen) atoms. The number of carbonyl (C=O) groups excluding carboxylic acids is 2. The summed E-state index contributed by atoms with van der Waals surface area (Å²) in [4.78, 5) is 31.3. The van der Waals surface area contributed by atoms with Gasteiger partial charge in [-0.2, -0.15) is 18.3 Å². The van der Waals surface area contributed by atoms with E-state index in [1.807, 2.05) is 15.6 Å². The zero-order valence-electron chi connectivity index (χ0n) is 18.8. The van der Waals surface area contributed by atoms with Gasteiger partial charge in [0, 0.05) is 44.3 Å². The van der Waals surface area contributed by atoms with E-state index < -0.39 is 18.4 Å². The van der Waals surface area contributed by atoms with Gasteiger partial charge in [-0.05, 0) is 51.5 Å². The van der Waals surface area contributed by atoms with Crippen LogP contribution < -0.4 is 0 Å². The number of likely N-dealkylation sites (tertiary alicyclic amines) is 2. The first kappa shape index (κ1) is 22.5. The van der Waals surface area contributed by atoms with Gasteiger partial charge in [0.25, 0.3) is 5.91 Å². The number of ether oxygens (including phenoxy) is 1. The lowest BCUT2D eigenvalue weighted by Gasteiger charge is -2.44. The zero-order valence-corrected chi connectivity index (χ0v) is 18.8. The van der Waals surface area contributed by atoms with Crippen molar-refractivity contribution >= 4 is 12.0 Å². The molecule has 0 radical (unpaired) electrons. The number of hydrogen-bond acceptors (Lipinski definition) is 5. The quantitative estimate of drug-likeness (QED) is 0.681. The van der Waals surface area contributed by atoms with Crippen molar-refractivity contribution in [1.82, 2.24) is 24.5 Å². The third kappa shape index (κ3) is 4.31. The molecule has 1 aromatic rings. The molecule has 8 nitrogen and oxygen atoms in total. The molecule has 182 valence electrons. The Kier molecular flexibility index (Phi) is 5.57. The SMILES string of the molecule is CC(OC(=O)N1CCC2(CCCN2C(=O)c2cc3n(n2)CCN(C2CC2)C3)CC1)C(F)(F)F. The summed E-state index contributed by atoms with van der Waals surface area (Å²) < 4.78 is 44.7. The summed E-state index contributed by atoms with van der Waals surface area (Å²) in [6.45, 7) is 4.56. The number of fused-ring (bicyclic) bond motifs is 1. The van der Waals surface area contributed by atoms with Crippen LogP contribution in [0.4, 0.5) is 18.0 Å². The number of hydrogen-bond donors (Lipinski definition) is 0. The molecule has 1 atom stereocenters. The maximum atomic E-state index is 13.4. The maximum absolute atomic E-state index is 13.4. The van der Waals surface area contributed by atoms with Crippen LogP contribution in [0.5, 0.6) is 0 Å². The number of halogens is 3. The van der Waals surface area contributed by atoms with Crippen molar-refractivity contribution in [3.8, 4) is 0 Å². The van der Waals surface area contributed by atoms with Gasteiger partial charge in [0.2, 0.25) is 0 Å². The Morgan fingerprint density at radius 2 is 1.85 bits per heavy atom. The fourth-order valence-electron chi connectivity index (χ4n) is 5.45. The smallest absolute Gasteiger partial charge is 0.425 e. The van der Waals surface area contributed by atoms with E-state index in [0.29, 0.717) is 31.1 Å². The monoisotopic (exact) mass is 469 g/mol. The molecule has 4 heterocycles. The number of amides is 2. The standard InChI is InChI=1S/C22H30F3N5O3/c1-15(22(23,24)25)33-20(32)27-9-6-21(7-10-27)5-2-8-29(21)19(31)18-13-17-14-28(16-3-4-16)11-12-30(17)26-18/h13,15-16H,2-12,14H2,1H3. The molecule has 0 aromatic carbocycles. The molecule has 1 aromatic heterocycles. The summed E-state index contributed by atoms with van der Waals surface area (Å²) in [6.07, 6.45) is -2.45. The van der Waals surface area contributed by atoms with E-state index in [2.05, 4.69) is 14.7 Å². The highest BCUT2D eigenvalue weighted by Crippen LogP contribution is 2.40. The Balaban J connectivity index is 1.23. The van der Waals surface area contributed by atoms with Crippen molar-refractivity contribution in [3.63, 3.8) is 0 Å². The molecule has 0 N–H and O–H groups in total. The summed E-state index contributed by atoms with van der Waals surface area (Å²) in [6, 6.07) is 2.58. The average Bonchev–Trinajstić information content (AvgIpc) is 3.42. The van der Waals surface area contributed by atoms with E-state index in [9.17, 15) is 22.8 Å². The molecular weight excluding hydrogens is 439 g/mol. The largest absolute Gasteiger partial charge is 0.437 e. The van der Waals surface area contributed by atoms with Gasteiger partial charge < -0.3 is 14.5 Å². The Bertz CT molecular complexity index is 921. The van der Waals surface area contributed by atoms with Crippen molar-refractivity contribution in [3.05, 3.63) is 17.5 Å². The van der Waals surface area contributed by atoms with Gasteiger partial charge >= 0.3 is 12.3 Å². The zero-order chi connectivity index (χ0) is 23.4. The van der Waals surface area contributed by atoms with Crippen LogP contribution in [0.2, 0.25) is 0 Å². The first-order valence-electron chi connectivity index (χ1n) is 11.8. The highest BCUT2D eigenvalue weighted by molar-refractivity contribution is 5.93. The Labute approximate surface area is 190 Å². The van der Waals surface area contributed by atoms with E-state index in [1.54, 1.807) is 0 Å². The van der Waals surface area contributed by atoms with E-state index in [4.69, 9.17) is 0 Å². The van der Waals surface area contributed by atoms with Crippen molar-refractivity contribution in [1.29, 1.82) is 0 Å². The second kappa shape index (κ2) is 8.18. The highest BCUT2D eigenvalue weighted by atomic mass is 19.4. The van der Waals surface area contributed by atoms with Crippen LogP contribution in [0.3, 0.4) is 0 Å². The van der Waals surface area contributed by atoms with Gasteiger partial charge in [-0.15, -0.1) is 0 Å². The van der Waals surface area contributed by atoms with E-state index in [-0.39, 0.29) is 24.5 Å². The van der Waals surface area contributed by atoms with E-state index in [0.717, 1.165) is 45.1 Å². The summed E-state index contributed by atoms with van der Waals surface area (Å²) in [5.41, 5.74) is 1.15. The average molecular weight is 470 g/mol. The van der Waals surface area contributed by atoms with Gasteiger partial charge in [-0.1, -0.05) is 0 Å². The summed E-state index contributed by atoms with van der Waals surface area (Å²) in [5, 5.41) is 4.59. The Morgan fingerprint density at radius 3 is 2.52 bits per heavy atom. The first-order valence-corrected chi connectivity index (χ1v) is 11.8. The molecule has 3 aliphatic heterocycles. The van der Waals surface area contributed by atoms with Crippen LogP contribution in [0.15, 0.2) is 6.07 Å². The van der Waals surface area contributed by atoms with Crippen molar-refractivity contribution < 1.29 is 27.5 Å². The Hall–Kier alpha value is -2.30. The third-order valence-corrected chi connectivity index (χ3v) is 7.64. The molecule has 0 bridgehead atoms. The lowest BCUT2D eigenvalue weighted by molar-refractivity contribution is -0.200. The van der Waals surface area contributed by atoms with Gasteiger partial charge in [0.05, 0.1) is 12.2 Å². The molecule has 11 heteroatoms. The van der Waals surface area contributed by atoms with Gasteiger partial charge in [0.1, 0.15) is 0 Å². The summed E-state index contributed by atoms with van der Waals surface area (Å²) >= 11 is 0. The normalized spacial score (nSPS) is 24.1. The van der Waals surface area contributed by atoms with Crippen LogP contribution in [0, 0.1) is 0 Å². The minimum absolute atomic E-state index is 0.0888. The minimum atomic E-state index is -4.58. The lowest BCUT2D eigenvalue weighted by Crippen LogP contribution is -2.55.